The van der Waals surface area contributed by atoms with E-state index in [1.165, 1.54) is 12.8 Å². The SMILES string of the molecule is Cc1cc(C(=O)NCc2ccc(N3CCCC3)nc2)c(C)o1. The Balaban J connectivity index is 1.59. The molecule has 5 nitrogen and oxygen atoms in total. The summed E-state index contributed by atoms with van der Waals surface area (Å²) in [5.74, 6) is 2.31. The number of carbonyl (C=O) groups excluding carboxylic acids is 1. The summed E-state index contributed by atoms with van der Waals surface area (Å²) in [6.07, 6.45) is 4.31. The number of rotatable bonds is 4. The molecule has 3 rings (SSSR count). The first-order valence-corrected chi connectivity index (χ1v) is 7.68. The standard InChI is InChI=1S/C17H21N3O2/c1-12-9-15(13(2)22-12)17(21)19-11-14-5-6-16(18-10-14)20-7-3-4-8-20/h5-6,9-10H,3-4,7-8,11H2,1-2H3,(H,19,21). The number of hydrogen-bond acceptors (Lipinski definition) is 4. The summed E-state index contributed by atoms with van der Waals surface area (Å²) in [4.78, 5) is 18.9. The Kier molecular flexibility index (Phi) is 4.13. The molecule has 1 aliphatic heterocycles. The Hall–Kier alpha value is -2.30. The van der Waals surface area contributed by atoms with Gasteiger partial charge in [0.15, 0.2) is 0 Å². The van der Waals surface area contributed by atoms with Crippen LogP contribution in [0.5, 0.6) is 0 Å². The van der Waals surface area contributed by atoms with Crippen molar-refractivity contribution in [1.82, 2.24) is 10.3 Å². The molecule has 2 aromatic heterocycles. The number of anilines is 1. The van der Waals surface area contributed by atoms with Crippen molar-refractivity contribution in [3.63, 3.8) is 0 Å². The minimum atomic E-state index is -0.113. The molecule has 2 aromatic rings. The summed E-state index contributed by atoms with van der Waals surface area (Å²) < 4.78 is 5.38. The first-order valence-electron chi connectivity index (χ1n) is 7.68. The van der Waals surface area contributed by atoms with Crippen LogP contribution in [0.25, 0.3) is 0 Å². The second-order valence-electron chi connectivity index (χ2n) is 5.73. The summed E-state index contributed by atoms with van der Waals surface area (Å²) in [6.45, 7) is 6.28. The van der Waals surface area contributed by atoms with E-state index in [1.54, 1.807) is 13.0 Å². The van der Waals surface area contributed by atoms with Gasteiger partial charge in [0.05, 0.1) is 5.56 Å². The lowest BCUT2D eigenvalue weighted by atomic mass is 10.2. The zero-order chi connectivity index (χ0) is 15.5. The molecular formula is C17H21N3O2. The third-order valence-corrected chi connectivity index (χ3v) is 3.98. The molecule has 1 saturated heterocycles. The van der Waals surface area contributed by atoms with Gasteiger partial charge in [-0.2, -0.15) is 0 Å². The van der Waals surface area contributed by atoms with Crippen LogP contribution in [0, 0.1) is 13.8 Å². The molecule has 0 saturated carbocycles. The Morgan fingerprint density at radius 2 is 2.09 bits per heavy atom. The monoisotopic (exact) mass is 299 g/mol. The van der Waals surface area contributed by atoms with Crippen LogP contribution in [0.15, 0.2) is 28.8 Å². The van der Waals surface area contributed by atoms with Gasteiger partial charge in [-0.15, -0.1) is 0 Å². The van der Waals surface area contributed by atoms with Crippen LogP contribution in [0.2, 0.25) is 0 Å². The summed E-state index contributed by atoms with van der Waals surface area (Å²) >= 11 is 0. The number of nitrogens with one attached hydrogen (secondary N) is 1. The molecule has 0 atom stereocenters. The highest BCUT2D eigenvalue weighted by Gasteiger charge is 2.14. The van der Waals surface area contributed by atoms with Gasteiger partial charge in [0.2, 0.25) is 0 Å². The van der Waals surface area contributed by atoms with Crippen molar-refractivity contribution in [3.8, 4) is 0 Å². The molecule has 0 bridgehead atoms. The average molecular weight is 299 g/mol. The van der Waals surface area contributed by atoms with Gasteiger partial charge in [-0.05, 0) is 44.4 Å². The average Bonchev–Trinajstić information content (AvgIpc) is 3.15. The number of amides is 1. The quantitative estimate of drug-likeness (QED) is 0.943. The second-order valence-corrected chi connectivity index (χ2v) is 5.73. The molecule has 5 heteroatoms. The zero-order valence-corrected chi connectivity index (χ0v) is 13.1. The highest BCUT2D eigenvalue weighted by atomic mass is 16.3. The summed E-state index contributed by atoms with van der Waals surface area (Å²) in [6, 6.07) is 5.81. The van der Waals surface area contributed by atoms with Crippen LogP contribution >= 0.6 is 0 Å². The fraction of sp³-hybridized carbons (Fsp3) is 0.412. The van der Waals surface area contributed by atoms with Gasteiger partial charge in [-0.3, -0.25) is 4.79 Å². The van der Waals surface area contributed by atoms with Gasteiger partial charge < -0.3 is 14.6 Å². The lowest BCUT2D eigenvalue weighted by Crippen LogP contribution is -2.23. The third kappa shape index (κ3) is 3.13. The van der Waals surface area contributed by atoms with Gasteiger partial charge in [-0.25, -0.2) is 4.98 Å². The molecule has 1 fully saturated rings. The van der Waals surface area contributed by atoms with Crippen molar-refractivity contribution in [2.45, 2.75) is 33.2 Å². The van der Waals surface area contributed by atoms with Crippen molar-refractivity contribution >= 4 is 11.7 Å². The predicted octanol–water partition coefficient (Wildman–Crippen LogP) is 2.82. The maximum Gasteiger partial charge on any atom is 0.255 e. The maximum absolute atomic E-state index is 12.1. The normalized spacial score (nSPS) is 14.4. The van der Waals surface area contributed by atoms with E-state index >= 15 is 0 Å². The van der Waals surface area contributed by atoms with E-state index in [-0.39, 0.29) is 5.91 Å². The Morgan fingerprint density at radius 3 is 2.68 bits per heavy atom. The van der Waals surface area contributed by atoms with Crippen LogP contribution in [0.3, 0.4) is 0 Å². The topological polar surface area (TPSA) is 58.4 Å². The zero-order valence-electron chi connectivity index (χ0n) is 13.1. The molecule has 3 heterocycles. The van der Waals surface area contributed by atoms with Gasteiger partial charge in [0, 0.05) is 25.8 Å². The number of hydrogen-bond donors (Lipinski definition) is 1. The van der Waals surface area contributed by atoms with Crippen molar-refractivity contribution in [2.24, 2.45) is 0 Å². The third-order valence-electron chi connectivity index (χ3n) is 3.98. The first-order chi connectivity index (χ1) is 10.6. The van der Waals surface area contributed by atoms with E-state index in [1.807, 2.05) is 25.3 Å². The molecule has 0 spiro atoms. The molecule has 1 N–H and O–H groups in total. The highest BCUT2D eigenvalue weighted by molar-refractivity contribution is 5.95. The van der Waals surface area contributed by atoms with Crippen LogP contribution in [-0.2, 0) is 6.54 Å². The Morgan fingerprint density at radius 1 is 1.32 bits per heavy atom. The van der Waals surface area contributed by atoms with Crippen molar-refractivity contribution < 1.29 is 9.21 Å². The van der Waals surface area contributed by atoms with E-state index in [0.29, 0.717) is 17.9 Å². The largest absolute Gasteiger partial charge is 0.466 e. The summed E-state index contributed by atoms with van der Waals surface area (Å²) in [5, 5.41) is 2.91. The lowest BCUT2D eigenvalue weighted by molar-refractivity contribution is 0.0949. The van der Waals surface area contributed by atoms with E-state index in [0.717, 1.165) is 30.2 Å². The fourth-order valence-electron chi connectivity index (χ4n) is 2.79. The van der Waals surface area contributed by atoms with E-state index in [4.69, 9.17) is 4.42 Å². The molecule has 1 aliphatic rings. The number of pyridine rings is 1. The minimum Gasteiger partial charge on any atom is -0.466 e. The fourth-order valence-corrected chi connectivity index (χ4v) is 2.79. The lowest BCUT2D eigenvalue weighted by Gasteiger charge is -2.16. The maximum atomic E-state index is 12.1. The van der Waals surface area contributed by atoms with E-state index in [2.05, 4.69) is 15.2 Å². The van der Waals surface area contributed by atoms with Crippen LogP contribution in [0.4, 0.5) is 5.82 Å². The number of nitrogens with zero attached hydrogens (tertiary/aromatic N) is 2. The molecular weight excluding hydrogens is 278 g/mol. The Labute approximate surface area is 130 Å². The second kappa shape index (κ2) is 6.22. The Bertz CT molecular complexity index is 655. The number of furan rings is 1. The van der Waals surface area contributed by atoms with Gasteiger partial charge >= 0.3 is 0 Å². The number of carbonyl (C=O) groups is 1. The molecule has 22 heavy (non-hydrogen) atoms. The summed E-state index contributed by atoms with van der Waals surface area (Å²) in [5.41, 5.74) is 1.59. The van der Waals surface area contributed by atoms with Crippen molar-refractivity contribution in [2.75, 3.05) is 18.0 Å². The van der Waals surface area contributed by atoms with Crippen LogP contribution < -0.4 is 10.2 Å². The minimum absolute atomic E-state index is 0.113. The number of aromatic nitrogens is 1. The van der Waals surface area contributed by atoms with Crippen LogP contribution in [-0.4, -0.2) is 24.0 Å². The van der Waals surface area contributed by atoms with Gasteiger partial charge in [-0.1, -0.05) is 6.07 Å². The smallest absolute Gasteiger partial charge is 0.255 e. The molecule has 116 valence electrons. The molecule has 0 aromatic carbocycles. The van der Waals surface area contributed by atoms with Crippen LogP contribution in [0.1, 0.15) is 40.3 Å². The molecule has 1 amide bonds. The van der Waals surface area contributed by atoms with E-state index in [9.17, 15) is 4.79 Å². The van der Waals surface area contributed by atoms with Crippen molar-refractivity contribution in [3.05, 3.63) is 47.0 Å². The molecule has 0 aliphatic carbocycles. The molecule has 0 radical (unpaired) electrons. The number of aryl methyl sites for hydroxylation is 2. The van der Waals surface area contributed by atoms with E-state index < -0.39 is 0 Å². The summed E-state index contributed by atoms with van der Waals surface area (Å²) in [7, 11) is 0. The highest BCUT2D eigenvalue weighted by Crippen LogP contribution is 2.18. The molecule has 0 unspecified atom stereocenters. The van der Waals surface area contributed by atoms with Gasteiger partial charge in [0.1, 0.15) is 17.3 Å². The van der Waals surface area contributed by atoms with Gasteiger partial charge in [0.25, 0.3) is 5.91 Å². The first kappa shape index (κ1) is 14.6. The van der Waals surface area contributed by atoms with Crippen molar-refractivity contribution in [1.29, 1.82) is 0 Å². The predicted molar refractivity (Wildman–Crippen MR) is 85.0 cm³/mol.